The van der Waals surface area contributed by atoms with E-state index in [9.17, 15) is 4.79 Å². The van der Waals surface area contributed by atoms with Crippen LogP contribution in [0.3, 0.4) is 0 Å². The molecule has 1 amide bonds. The number of fused-ring (bicyclic) bond motifs is 1. The first-order valence-corrected chi connectivity index (χ1v) is 7.34. The molecule has 20 heavy (non-hydrogen) atoms. The Hall–Kier alpha value is -1.33. The summed E-state index contributed by atoms with van der Waals surface area (Å²) in [7, 11) is 1.75. The van der Waals surface area contributed by atoms with Crippen LogP contribution in [-0.2, 0) is 4.74 Å². The van der Waals surface area contributed by atoms with Gasteiger partial charge in [0.2, 0.25) is 0 Å². The van der Waals surface area contributed by atoms with Crippen molar-refractivity contribution in [1.82, 2.24) is 9.88 Å². The number of rotatable bonds is 2. The van der Waals surface area contributed by atoms with Gasteiger partial charge in [-0.3, -0.25) is 4.79 Å². The monoisotopic (exact) mass is 295 g/mol. The van der Waals surface area contributed by atoms with Crippen molar-refractivity contribution in [3.8, 4) is 0 Å². The lowest BCUT2D eigenvalue weighted by Crippen LogP contribution is -2.51. The van der Waals surface area contributed by atoms with E-state index in [-0.39, 0.29) is 18.1 Å². The number of ether oxygens (including phenoxy) is 1. The van der Waals surface area contributed by atoms with Gasteiger partial charge in [0.25, 0.3) is 5.91 Å². The summed E-state index contributed by atoms with van der Waals surface area (Å²) in [6, 6.07) is 1.89. The SMILES string of the molecule is CNc1ncc(C(=O)N2CCOC3CCCC32)cc1Cl. The quantitative estimate of drug-likeness (QED) is 0.908. The van der Waals surface area contributed by atoms with E-state index in [1.54, 1.807) is 19.3 Å². The zero-order chi connectivity index (χ0) is 14.1. The van der Waals surface area contributed by atoms with Crippen LogP contribution in [0.1, 0.15) is 29.6 Å². The predicted molar refractivity (Wildman–Crippen MR) is 77.2 cm³/mol. The number of carbonyl (C=O) groups is 1. The topological polar surface area (TPSA) is 54.5 Å². The zero-order valence-electron chi connectivity index (χ0n) is 11.4. The van der Waals surface area contributed by atoms with Gasteiger partial charge in [-0.2, -0.15) is 0 Å². The lowest BCUT2D eigenvalue weighted by atomic mass is 10.1. The van der Waals surface area contributed by atoms with Gasteiger partial charge in [-0.15, -0.1) is 0 Å². The van der Waals surface area contributed by atoms with Crippen LogP contribution in [0.5, 0.6) is 0 Å². The number of morpholine rings is 1. The van der Waals surface area contributed by atoms with E-state index >= 15 is 0 Å². The van der Waals surface area contributed by atoms with Crippen LogP contribution in [0.4, 0.5) is 5.82 Å². The Kier molecular flexibility index (Phi) is 3.81. The number of hydrogen-bond acceptors (Lipinski definition) is 4. The van der Waals surface area contributed by atoms with Gasteiger partial charge >= 0.3 is 0 Å². The summed E-state index contributed by atoms with van der Waals surface area (Å²) in [5, 5.41) is 3.36. The number of halogens is 1. The van der Waals surface area contributed by atoms with E-state index in [1.165, 1.54) is 0 Å². The van der Waals surface area contributed by atoms with E-state index < -0.39 is 0 Å². The van der Waals surface area contributed by atoms with Crippen molar-refractivity contribution < 1.29 is 9.53 Å². The number of hydrogen-bond donors (Lipinski definition) is 1. The van der Waals surface area contributed by atoms with E-state index in [0.717, 1.165) is 19.3 Å². The first-order chi connectivity index (χ1) is 9.70. The maximum absolute atomic E-state index is 12.6. The molecule has 0 bridgehead atoms. The maximum atomic E-state index is 12.6. The highest BCUT2D eigenvalue weighted by Gasteiger charge is 2.38. The molecule has 1 saturated heterocycles. The van der Waals surface area contributed by atoms with Crippen LogP contribution in [0.25, 0.3) is 0 Å². The average Bonchev–Trinajstić information content (AvgIpc) is 2.94. The van der Waals surface area contributed by atoms with Gasteiger partial charge in [0.05, 0.1) is 29.3 Å². The molecule has 1 aliphatic heterocycles. The summed E-state index contributed by atoms with van der Waals surface area (Å²) in [5.41, 5.74) is 0.543. The first-order valence-electron chi connectivity index (χ1n) is 6.96. The minimum absolute atomic E-state index is 0.00209. The number of carbonyl (C=O) groups excluding carboxylic acids is 1. The van der Waals surface area contributed by atoms with Crippen LogP contribution in [0, 0.1) is 0 Å². The molecule has 2 atom stereocenters. The zero-order valence-corrected chi connectivity index (χ0v) is 12.2. The summed E-state index contributed by atoms with van der Waals surface area (Å²) in [6.45, 7) is 1.26. The Morgan fingerprint density at radius 2 is 2.40 bits per heavy atom. The van der Waals surface area contributed by atoms with Crippen molar-refractivity contribution in [1.29, 1.82) is 0 Å². The van der Waals surface area contributed by atoms with E-state index in [0.29, 0.717) is 29.6 Å². The van der Waals surface area contributed by atoms with E-state index in [1.807, 2.05) is 4.90 Å². The Bertz CT molecular complexity index is 523. The number of anilines is 1. The standard InChI is InChI=1S/C14H18ClN3O2/c1-16-13-10(15)7-9(8-17-13)14(19)18-5-6-20-12-4-2-3-11(12)18/h7-8,11-12H,2-6H2,1H3,(H,16,17). The highest BCUT2D eigenvalue weighted by Crippen LogP contribution is 2.31. The molecule has 0 aromatic carbocycles. The molecular formula is C14H18ClN3O2. The van der Waals surface area contributed by atoms with Gasteiger partial charge in [0.1, 0.15) is 5.82 Å². The molecule has 2 unspecified atom stereocenters. The molecule has 0 spiro atoms. The molecule has 2 heterocycles. The number of pyridine rings is 1. The third-order valence-electron chi connectivity index (χ3n) is 4.07. The molecule has 108 valence electrons. The molecule has 2 aliphatic rings. The molecule has 3 rings (SSSR count). The fourth-order valence-corrected chi connectivity index (χ4v) is 3.34. The van der Waals surface area contributed by atoms with Gasteiger partial charge in [-0.25, -0.2) is 4.98 Å². The van der Waals surface area contributed by atoms with Crippen LogP contribution in [0.15, 0.2) is 12.3 Å². The Morgan fingerprint density at radius 3 is 3.15 bits per heavy atom. The molecule has 1 saturated carbocycles. The number of nitrogens with zero attached hydrogens (tertiary/aromatic N) is 2. The molecule has 6 heteroatoms. The Labute approximate surface area is 123 Å². The summed E-state index contributed by atoms with van der Waals surface area (Å²) in [6.07, 6.45) is 4.97. The normalized spacial score (nSPS) is 25.4. The molecular weight excluding hydrogens is 278 g/mol. The molecule has 1 aromatic heterocycles. The third kappa shape index (κ3) is 2.36. The van der Waals surface area contributed by atoms with Crippen LogP contribution >= 0.6 is 11.6 Å². The molecule has 2 fully saturated rings. The fourth-order valence-electron chi connectivity index (χ4n) is 3.08. The summed E-state index contributed by atoms with van der Waals surface area (Å²) in [4.78, 5) is 18.7. The third-order valence-corrected chi connectivity index (χ3v) is 4.36. The second-order valence-electron chi connectivity index (χ2n) is 5.21. The lowest BCUT2D eigenvalue weighted by molar-refractivity contribution is -0.0445. The molecule has 1 aliphatic carbocycles. The van der Waals surface area contributed by atoms with Gasteiger partial charge < -0.3 is 15.0 Å². The lowest BCUT2D eigenvalue weighted by Gasteiger charge is -2.37. The molecule has 0 radical (unpaired) electrons. The van der Waals surface area contributed by atoms with Gasteiger partial charge in [-0.05, 0) is 25.3 Å². The van der Waals surface area contributed by atoms with Crippen LogP contribution < -0.4 is 5.32 Å². The van der Waals surface area contributed by atoms with Crippen LogP contribution in [-0.4, -0.2) is 48.1 Å². The maximum Gasteiger partial charge on any atom is 0.255 e. The number of nitrogens with one attached hydrogen (secondary N) is 1. The van der Waals surface area contributed by atoms with Crippen LogP contribution in [0.2, 0.25) is 5.02 Å². The minimum Gasteiger partial charge on any atom is -0.374 e. The van der Waals surface area contributed by atoms with Gasteiger partial charge in [0.15, 0.2) is 0 Å². The number of amides is 1. The smallest absolute Gasteiger partial charge is 0.255 e. The van der Waals surface area contributed by atoms with Crippen molar-refractivity contribution in [2.24, 2.45) is 0 Å². The Morgan fingerprint density at radius 1 is 1.55 bits per heavy atom. The number of aromatic nitrogens is 1. The van der Waals surface area contributed by atoms with Crippen molar-refractivity contribution >= 4 is 23.3 Å². The van der Waals surface area contributed by atoms with Gasteiger partial charge in [-0.1, -0.05) is 11.6 Å². The Balaban J connectivity index is 1.82. The van der Waals surface area contributed by atoms with Crippen molar-refractivity contribution in [2.45, 2.75) is 31.4 Å². The summed E-state index contributed by atoms with van der Waals surface area (Å²) < 4.78 is 5.73. The first kappa shape index (κ1) is 13.6. The summed E-state index contributed by atoms with van der Waals surface area (Å²) in [5.74, 6) is 0.589. The fraction of sp³-hybridized carbons (Fsp3) is 0.571. The van der Waals surface area contributed by atoms with Crippen molar-refractivity contribution in [2.75, 3.05) is 25.5 Å². The molecule has 1 aromatic rings. The second-order valence-corrected chi connectivity index (χ2v) is 5.62. The van der Waals surface area contributed by atoms with Crippen molar-refractivity contribution in [3.05, 3.63) is 22.8 Å². The van der Waals surface area contributed by atoms with Gasteiger partial charge in [0, 0.05) is 19.8 Å². The molecule has 5 nitrogen and oxygen atoms in total. The minimum atomic E-state index is 0.00209. The largest absolute Gasteiger partial charge is 0.374 e. The molecule has 1 N–H and O–H groups in total. The highest BCUT2D eigenvalue weighted by atomic mass is 35.5. The second kappa shape index (κ2) is 5.58. The summed E-state index contributed by atoms with van der Waals surface area (Å²) >= 11 is 6.10. The van der Waals surface area contributed by atoms with E-state index in [4.69, 9.17) is 16.3 Å². The van der Waals surface area contributed by atoms with Crippen molar-refractivity contribution in [3.63, 3.8) is 0 Å². The predicted octanol–water partition coefficient (Wildman–Crippen LogP) is 2.17. The highest BCUT2D eigenvalue weighted by molar-refractivity contribution is 6.33. The average molecular weight is 296 g/mol. The van der Waals surface area contributed by atoms with E-state index in [2.05, 4.69) is 10.3 Å².